The molecule has 0 unspecified atom stereocenters. The lowest BCUT2D eigenvalue weighted by Crippen LogP contribution is -2.42. The Morgan fingerprint density at radius 1 is 1.32 bits per heavy atom. The molecule has 4 heteroatoms. The van der Waals surface area contributed by atoms with Crippen molar-refractivity contribution in [3.63, 3.8) is 0 Å². The van der Waals surface area contributed by atoms with Crippen LogP contribution in [-0.4, -0.2) is 35.1 Å². The maximum absolute atomic E-state index is 12.3. The van der Waals surface area contributed by atoms with Crippen molar-refractivity contribution in [3.8, 4) is 0 Å². The van der Waals surface area contributed by atoms with Gasteiger partial charge in [-0.05, 0) is 30.5 Å². The first-order chi connectivity index (χ1) is 9.04. The second kappa shape index (κ2) is 5.72. The number of rotatable bonds is 4. The van der Waals surface area contributed by atoms with Crippen LogP contribution >= 0.6 is 0 Å². The number of nitrogens with zero attached hydrogens (tertiary/aromatic N) is 1. The average Bonchev–Trinajstić information content (AvgIpc) is 2.84. The topological polar surface area (TPSA) is 66.6 Å². The van der Waals surface area contributed by atoms with Gasteiger partial charge in [-0.1, -0.05) is 25.0 Å². The zero-order valence-corrected chi connectivity index (χ0v) is 11.4. The first-order valence-corrected chi connectivity index (χ1v) is 6.81. The Kier molecular flexibility index (Phi) is 4.22. The quantitative estimate of drug-likeness (QED) is 0.864. The monoisotopic (exact) mass is 262 g/mol. The maximum Gasteiger partial charge on any atom is 0.253 e. The van der Waals surface area contributed by atoms with E-state index in [4.69, 9.17) is 5.73 Å². The lowest BCUT2D eigenvalue weighted by atomic mass is 10.0. The van der Waals surface area contributed by atoms with Crippen molar-refractivity contribution < 1.29 is 9.90 Å². The molecule has 3 N–H and O–H groups in total. The first kappa shape index (κ1) is 14.0. The third-order valence-corrected chi connectivity index (χ3v) is 3.85. The van der Waals surface area contributed by atoms with Gasteiger partial charge < -0.3 is 15.7 Å². The molecule has 1 aromatic carbocycles. The first-order valence-electron chi connectivity index (χ1n) is 6.81. The summed E-state index contributed by atoms with van der Waals surface area (Å²) in [5, 5.41) is 10.3. The fourth-order valence-electron chi connectivity index (χ4n) is 2.71. The number of nitrogens with two attached hydrogens (primary N) is 1. The van der Waals surface area contributed by atoms with Crippen LogP contribution in [0.4, 0.5) is 0 Å². The molecular formula is C15H22N2O2. The summed E-state index contributed by atoms with van der Waals surface area (Å²) in [5.74, 6) is -0.0519. The summed E-state index contributed by atoms with van der Waals surface area (Å²) >= 11 is 0. The fraction of sp³-hybridized carbons (Fsp3) is 0.533. The smallest absolute Gasteiger partial charge is 0.253 e. The van der Waals surface area contributed by atoms with E-state index in [2.05, 4.69) is 0 Å². The third-order valence-electron chi connectivity index (χ3n) is 3.85. The highest BCUT2D eigenvalue weighted by Gasteiger charge is 2.33. The summed E-state index contributed by atoms with van der Waals surface area (Å²) in [6, 6.07) is 7.32. The van der Waals surface area contributed by atoms with E-state index in [0.717, 1.165) is 31.2 Å². The molecule has 2 rings (SSSR count). The summed E-state index contributed by atoms with van der Waals surface area (Å²) in [6.45, 7) is 0.883. The summed E-state index contributed by atoms with van der Waals surface area (Å²) in [4.78, 5) is 13.9. The van der Waals surface area contributed by atoms with E-state index in [0.29, 0.717) is 18.7 Å². The molecular weight excluding hydrogens is 240 g/mol. The number of aliphatic hydroxyl groups is 1. The van der Waals surface area contributed by atoms with Crippen LogP contribution in [0.25, 0.3) is 0 Å². The van der Waals surface area contributed by atoms with Gasteiger partial charge in [0.2, 0.25) is 0 Å². The number of carbonyl (C=O) groups is 1. The Hall–Kier alpha value is -1.39. The Labute approximate surface area is 114 Å². The van der Waals surface area contributed by atoms with E-state index >= 15 is 0 Å². The second-order valence-corrected chi connectivity index (χ2v) is 5.49. The molecule has 4 nitrogen and oxygen atoms in total. The minimum absolute atomic E-state index is 0.0519. The van der Waals surface area contributed by atoms with Crippen LogP contribution in [0.3, 0.4) is 0 Å². The van der Waals surface area contributed by atoms with Crippen LogP contribution < -0.4 is 5.73 Å². The number of benzene rings is 1. The predicted octanol–water partition coefficient (Wildman–Crippen LogP) is 1.52. The SMILES string of the molecule is CN(CC1(O)CCCC1)C(=O)c1ccc(CN)cc1. The molecule has 1 aliphatic carbocycles. The highest BCUT2D eigenvalue weighted by molar-refractivity contribution is 5.94. The Bertz CT molecular complexity index is 436. The molecule has 1 saturated carbocycles. The highest BCUT2D eigenvalue weighted by Crippen LogP contribution is 2.30. The summed E-state index contributed by atoms with van der Waals surface area (Å²) in [7, 11) is 1.75. The third kappa shape index (κ3) is 3.33. The lowest BCUT2D eigenvalue weighted by molar-refractivity contribution is 0.0157. The molecule has 0 atom stereocenters. The Morgan fingerprint density at radius 3 is 2.42 bits per heavy atom. The standard InChI is InChI=1S/C15H22N2O2/c1-17(11-15(19)8-2-3-9-15)14(18)13-6-4-12(10-16)5-7-13/h4-7,19H,2-3,8-11,16H2,1H3. The minimum Gasteiger partial charge on any atom is -0.388 e. The normalized spacial score (nSPS) is 17.4. The average molecular weight is 262 g/mol. The van der Waals surface area contributed by atoms with Gasteiger partial charge in [0.05, 0.1) is 5.60 Å². The second-order valence-electron chi connectivity index (χ2n) is 5.49. The largest absolute Gasteiger partial charge is 0.388 e. The van der Waals surface area contributed by atoms with E-state index in [-0.39, 0.29) is 5.91 Å². The molecule has 0 aliphatic heterocycles. The van der Waals surface area contributed by atoms with Crippen molar-refractivity contribution >= 4 is 5.91 Å². The van der Waals surface area contributed by atoms with Crippen LogP contribution in [0.1, 0.15) is 41.6 Å². The number of amides is 1. The zero-order chi connectivity index (χ0) is 13.9. The number of hydrogen-bond donors (Lipinski definition) is 2. The molecule has 0 bridgehead atoms. The molecule has 0 radical (unpaired) electrons. The van der Waals surface area contributed by atoms with Crippen molar-refractivity contribution in [3.05, 3.63) is 35.4 Å². The molecule has 1 aromatic rings. The van der Waals surface area contributed by atoms with Crippen molar-refractivity contribution in [2.45, 2.75) is 37.8 Å². The Morgan fingerprint density at radius 2 is 1.89 bits per heavy atom. The number of likely N-dealkylation sites (N-methyl/N-ethyl adjacent to an activating group) is 1. The van der Waals surface area contributed by atoms with Gasteiger partial charge in [-0.15, -0.1) is 0 Å². The molecule has 1 fully saturated rings. The Balaban J connectivity index is 2.01. The van der Waals surface area contributed by atoms with Crippen molar-refractivity contribution in [1.82, 2.24) is 4.90 Å². The van der Waals surface area contributed by atoms with Crippen LogP contribution in [0.2, 0.25) is 0 Å². The van der Waals surface area contributed by atoms with Crippen molar-refractivity contribution in [1.29, 1.82) is 0 Å². The summed E-state index contributed by atoms with van der Waals surface area (Å²) in [5.41, 5.74) is 6.49. The van der Waals surface area contributed by atoms with Gasteiger partial charge in [0.1, 0.15) is 0 Å². The van der Waals surface area contributed by atoms with Crippen LogP contribution in [0.15, 0.2) is 24.3 Å². The van der Waals surface area contributed by atoms with Gasteiger partial charge in [-0.2, -0.15) is 0 Å². The molecule has 0 heterocycles. The molecule has 19 heavy (non-hydrogen) atoms. The van der Waals surface area contributed by atoms with E-state index in [1.54, 1.807) is 24.1 Å². The van der Waals surface area contributed by atoms with E-state index in [1.807, 2.05) is 12.1 Å². The van der Waals surface area contributed by atoms with E-state index in [1.165, 1.54) is 0 Å². The maximum atomic E-state index is 12.3. The highest BCUT2D eigenvalue weighted by atomic mass is 16.3. The number of carbonyl (C=O) groups excluding carboxylic acids is 1. The van der Waals surface area contributed by atoms with Crippen molar-refractivity contribution in [2.75, 3.05) is 13.6 Å². The van der Waals surface area contributed by atoms with E-state index < -0.39 is 5.60 Å². The predicted molar refractivity (Wildman–Crippen MR) is 74.7 cm³/mol. The number of hydrogen-bond acceptors (Lipinski definition) is 3. The van der Waals surface area contributed by atoms with Gasteiger partial charge in [0.25, 0.3) is 5.91 Å². The molecule has 104 valence electrons. The summed E-state index contributed by atoms with van der Waals surface area (Å²) < 4.78 is 0. The molecule has 1 aliphatic rings. The van der Waals surface area contributed by atoms with E-state index in [9.17, 15) is 9.90 Å². The van der Waals surface area contributed by atoms with Gasteiger partial charge in [-0.3, -0.25) is 4.79 Å². The fourth-order valence-corrected chi connectivity index (χ4v) is 2.71. The molecule has 1 amide bonds. The molecule has 0 saturated heterocycles. The summed E-state index contributed by atoms with van der Waals surface area (Å²) in [6.07, 6.45) is 3.67. The molecule has 0 spiro atoms. The van der Waals surface area contributed by atoms with Crippen LogP contribution in [0.5, 0.6) is 0 Å². The van der Waals surface area contributed by atoms with Gasteiger partial charge in [0.15, 0.2) is 0 Å². The lowest BCUT2D eigenvalue weighted by Gasteiger charge is -2.28. The van der Waals surface area contributed by atoms with Gasteiger partial charge >= 0.3 is 0 Å². The van der Waals surface area contributed by atoms with Crippen LogP contribution in [0, 0.1) is 0 Å². The zero-order valence-electron chi connectivity index (χ0n) is 11.4. The van der Waals surface area contributed by atoms with Crippen LogP contribution in [-0.2, 0) is 6.54 Å². The minimum atomic E-state index is -0.693. The van der Waals surface area contributed by atoms with Gasteiger partial charge in [-0.25, -0.2) is 0 Å². The molecule has 0 aromatic heterocycles. The van der Waals surface area contributed by atoms with Gasteiger partial charge in [0, 0.05) is 25.7 Å². The van der Waals surface area contributed by atoms with Crippen molar-refractivity contribution in [2.24, 2.45) is 5.73 Å².